The molecule has 0 spiro atoms. The fourth-order valence-corrected chi connectivity index (χ4v) is 4.95. The molecule has 0 unspecified atom stereocenters. The van der Waals surface area contributed by atoms with Crippen LogP contribution in [0.15, 0.2) is 47.4 Å². The standard InChI is InChI=1S/C17H18Cl2N2O3S/c1-24-15-5-3-14(4-6-15)20-8-10-21(11-9-20)25(22,23)17-12-13(18)2-7-16(17)19/h2-7,12H,8-11H2,1H3. The monoisotopic (exact) mass is 400 g/mol. The van der Waals surface area contributed by atoms with Gasteiger partial charge in [-0.2, -0.15) is 4.31 Å². The number of benzene rings is 2. The van der Waals surface area contributed by atoms with Gasteiger partial charge in [-0.15, -0.1) is 0 Å². The first-order valence-electron chi connectivity index (χ1n) is 7.76. The number of halogens is 2. The zero-order chi connectivity index (χ0) is 18.0. The molecule has 0 radical (unpaired) electrons. The summed E-state index contributed by atoms with van der Waals surface area (Å²) in [5.74, 6) is 0.792. The van der Waals surface area contributed by atoms with E-state index in [-0.39, 0.29) is 9.92 Å². The molecular formula is C17H18Cl2N2O3S. The summed E-state index contributed by atoms with van der Waals surface area (Å²) in [4.78, 5) is 2.20. The number of hydrogen-bond acceptors (Lipinski definition) is 4. The first kappa shape index (κ1) is 18.3. The molecule has 0 bridgehead atoms. The van der Waals surface area contributed by atoms with Crippen molar-refractivity contribution >= 4 is 38.9 Å². The highest BCUT2D eigenvalue weighted by molar-refractivity contribution is 7.89. The van der Waals surface area contributed by atoms with E-state index in [2.05, 4.69) is 4.90 Å². The molecule has 1 aliphatic heterocycles. The van der Waals surface area contributed by atoms with E-state index in [0.717, 1.165) is 11.4 Å². The summed E-state index contributed by atoms with van der Waals surface area (Å²) in [5.41, 5.74) is 1.04. The Balaban J connectivity index is 1.73. The van der Waals surface area contributed by atoms with Crippen molar-refractivity contribution in [3.63, 3.8) is 0 Å². The van der Waals surface area contributed by atoms with Crippen molar-refractivity contribution in [1.29, 1.82) is 0 Å². The lowest BCUT2D eigenvalue weighted by Gasteiger charge is -2.35. The van der Waals surface area contributed by atoms with Gasteiger partial charge in [0.1, 0.15) is 10.6 Å². The lowest BCUT2D eigenvalue weighted by atomic mass is 10.2. The van der Waals surface area contributed by atoms with Gasteiger partial charge in [0.15, 0.2) is 0 Å². The van der Waals surface area contributed by atoms with Gasteiger partial charge in [-0.3, -0.25) is 0 Å². The van der Waals surface area contributed by atoms with Crippen molar-refractivity contribution < 1.29 is 13.2 Å². The second kappa shape index (κ2) is 7.41. The summed E-state index contributed by atoms with van der Waals surface area (Å²) >= 11 is 12.0. The highest BCUT2D eigenvalue weighted by atomic mass is 35.5. The van der Waals surface area contributed by atoms with E-state index in [4.69, 9.17) is 27.9 Å². The molecule has 0 saturated carbocycles. The Morgan fingerprint density at radius 1 is 0.960 bits per heavy atom. The minimum absolute atomic E-state index is 0.0552. The van der Waals surface area contributed by atoms with Gasteiger partial charge < -0.3 is 9.64 Å². The quantitative estimate of drug-likeness (QED) is 0.787. The van der Waals surface area contributed by atoms with E-state index in [0.29, 0.717) is 31.2 Å². The number of hydrogen-bond donors (Lipinski definition) is 0. The van der Waals surface area contributed by atoms with Gasteiger partial charge in [0.05, 0.1) is 12.1 Å². The topological polar surface area (TPSA) is 49.9 Å². The summed E-state index contributed by atoms with van der Waals surface area (Å²) in [6, 6.07) is 12.2. The van der Waals surface area contributed by atoms with Crippen molar-refractivity contribution in [3.8, 4) is 5.75 Å². The SMILES string of the molecule is COc1ccc(N2CCN(S(=O)(=O)c3cc(Cl)ccc3Cl)CC2)cc1. The minimum Gasteiger partial charge on any atom is -0.497 e. The van der Waals surface area contributed by atoms with Crippen LogP contribution >= 0.6 is 23.2 Å². The Morgan fingerprint density at radius 2 is 1.60 bits per heavy atom. The number of rotatable bonds is 4. The average Bonchev–Trinajstić information content (AvgIpc) is 2.64. The molecule has 25 heavy (non-hydrogen) atoms. The molecule has 0 amide bonds. The molecule has 134 valence electrons. The number of anilines is 1. The number of nitrogens with zero attached hydrogens (tertiary/aromatic N) is 2. The van der Waals surface area contributed by atoms with Crippen LogP contribution in [0.25, 0.3) is 0 Å². The molecule has 2 aromatic carbocycles. The lowest BCUT2D eigenvalue weighted by Crippen LogP contribution is -2.48. The largest absolute Gasteiger partial charge is 0.497 e. The number of methoxy groups -OCH3 is 1. The maximum atomic E-state index is 12.8. The normalized spacial score (nSPS) is 16.0. The Bertz CT molecular complexity index is 849. The number of piperazine rings is 1. The van der Waals surface area contributed by atoms with Crippen molar-refractivity contribution in [2.45, 2.75) is 4.90 Å². The van der Waals surface area contributed by atoms with Gasteiger partial charge >= 0.3 is 0 Å². The van der Waals surface area contributed by atoms with Crippen LogP contribution in [0.2, 0.25) is 10.0 Å². The Hall–Kier alpha value is -1.47. The van der Waals surface area contributed by atoms with Gasteiger partial charge in [-0.05, 0) is 42.5 Å². The molecule has 0 atom stereocenters. The predicted octanol–water partition coefficient (Wildman–Crippen LogP) is 3.51. The van der Waals surface area contributed by atoms with Gasteiger partial charge in [0.2, 0.25) is 10.0 Å². The highest BCUT2D eigenvalue weighted by Crippen LogP contribution is 2.29. The van der Waals surface area contributed by atoms with Crippen molar-refractivity contribution in [3.05, 3.63) is 52.5 Å². The van der Waals surface area contributed by atoms with Crippen LogP contribution in [0.1, 0.15) is 0 Å². The van der Waals surface area contributed by atoms with Crippen molar-refractivity contribution in [2.24, 2.45) is 0 Å². The van der Waals surface area contributed by atoms with E-state index in [1.807, 2.05) is 24.3 Å². The fourth-order valence-electron chi connectivity index (χ4n) is 2.79. The third kappa shape index (κ3) is 3.87. The van der Waals surface area contributed by atoms with E-state index >= 15 is 0 Å². The average molecular weight is 401 g/mol. The zero-order valence-electron chi connectivity index (χ0n) is 13.7. The molecule has 2 aromatic rings. The van der Waals surface area contributed by atoms with Crippen molar-refractivity contribution in [1.82, 2.24) is 4.31 Å². The number of ether oxygens (including phenoxy) is 1. The van der Waals surface area contributed by atoms with E-state index in [1.165, 1.54) is 16.4 Å². The first-order chi connectivity index (χ1) is 11.9. The van der Waals surface area contributed by atoms with Gasteiger partial charge in [-0.1, -0.05) is 23.2 Å². The Morgan fingerprint density at radius 3 is 2.20 bits per heavy atom. The van der Waals surface area contributed by atoms with Crippen LogP contribution < -0.4 is 9.64 Å². The minimum atomic E-state index is -3.66. The smallest absolute Gasteiger partial charge is 0.244 e. The van der Waals surface area contributed by atoms with Crippen LogP contribution in [0.4, 0.5) is 5.69 Å². The molecule has 1 fully saturated rings. The van der Waals surface area contributed by atoms with Crippen LogP contribution in [0.5, 0.6) is 5.75 Å². The van der Waals surface area contributed by atoms with Gasteiger partial charge in [0.25, 0.3) is 0 Å². The first-order valence-corrected chi connectivity index (χ1v) is 9.95. The number of sulfonamides is 1. The molecule has 0 N–H and O–H groups in total. The van der Waals surface area contributed by atoms with Crippen LogP contribution in [-0.4, -0.2) is 46.0 Å². The predicted molar refractivity (Wildman–Crippen MR) is 100 cm³/mol. The molecular weight excluding hydrogens is 383 g/mol. The summed E-state index contributed by atoms with van der Waals surface area (Å²) in [7, 11) is -2.04. The summed E-state index contributed by atoms with van der Waals surface area (Å²) < 4.78 is 32.3. The zero-order valence-corrected chi connectivity index (χ0v) is 16.0. The Kier molecular flexibility index (Phi) is 5.43. The van der Waals surface area contributed by atoms with E-state index < -0.39 is 10.0 Å². The second-order valence-electron chi connectivity index (χ2n) is 5.66. The second-order valence-corrected chi connectivity index (χ2v) is 8.41. The lowest BCUT2D eigenvalue weighted by molar-refractivity contribution is 0.384. The third-order valence-corrected chi connectivity index (χ3v) is 6.80. The third-order valence-electron chi connectivity index (χ3n) is 4.19. The summed E-state index contributed by atoms with van der Waals surface area (Å²) in [5, 5.41) is 0.529. The molecule has 3 rings (SSSR count). The van der Waals surface area contributed by atoms with Gasteiger partial charge in [0, 0.05) is 36.9 Å². The maximum absolute atomic E-state index is 12.8. The Labute approximate surface area is 157 Å². The molecule has 8 heteroatoms. The van der Waals surface area contributed by atoms with Gasteiger partial charge in [-0.25, -0.2) is 8.42 Å². The summed E-state index contributed by atoms with van der Waals surface area (Å²) in [6.45, 7) is 1.97. The van der Waals surface area contributed by atoms with Crippen LogP contribution in [0, 0.1) is 0 Å². The highest BCUT2D eigenvalue weighted by Gasteiger charge is 2.30. The summed E-state index contributed by atoms with van der Waals surface area (Å²) in [6.07, 6.45) is 0. The molecule has 1 saturated heterocycles. The van der Waals surface area contributed by atoms with E-state index in [1.54, 1.807) is 13.2 Å². The molecule has 1 heterocycles. The molecule has 0 aromatic heterocycles. The van der Waals surface area contributed by atoms with E-state index in [9.17, 15) is 8.42 Å². The maximum Gasteiger partial charge on any atom is 0.244 e. The van der Waals surface area contributed by atoms with Crippen LogP contribution in [0.3, 0.4) is 0 Å². The van der Waals surface area contributed by atoms with Crippen LogP contribution in [-0.2, 0) is 10.0 Å². The fraction of sp³-hybridized carbons (Fsp3) is 0.294. The van der Waals surface area contributed by atoms with Crippen molar-refractivity contribution in [2.75, 3.05) is 38.2 Å². The molecule has 5 nitrogen and oxygen atoms in total. The molecule has 1 aliphatic rings. The molecule has 0 aliphatic carbocycles.